The smallest absolute Gasteiger partial charge is 0.123 e. The summed E-state index contributed by atoms with van der Waals surface area (Å²) in [7, 11) is 1.71. The van der Waals surface area contributed by atoms with Crippen LogP contribution in [0.2, 0.25) is 0 Å². The molecule has 0 aliphatic rings. The minimum atomic E-state index is 0.354. The number of ether oxygens (including phenoxy) is 2. The Morgan fingerprint density at radius 3 is 2.88 bits per heavy atom. The van der Waals surface area contributed by atoms with Crippen LogP contribution in [0.15, 0.2) is 22.7 Å². The number of hydrogen-bond donors (Lipinski definition) is 1. The zero-order chi connectivity index (χ0) is 12.7. The zero-order valence-electron chi connectivity index (χ0n) is 10.6. The fourth-order valence-corrected chi connectivity index (χ4v) is 1.84. The second kappa shape index (κ2) is 7.69. The Kier molecular flexibility index (Phi) is 6.55. The highest BCUT2D eigenvalue weighted by Gasteiger charge is 2.02. The molecule has 0 heterocycles. The predicted octanol–water partition coefficient (Wildman–Crippen LogP) is 2.76. The third-order valence-electron chi connectivity index (χ3n) is 2.42. The summed E-state index contributed by atoms with van der Waals surface area (Å²) in [5, 5.41) is 3.33. The number of methoxy groups -OCH3 is 1. The van der Waals surface area contributed by atoms with Gasteiger partial charge >= 0.3 is 0 Å². The molecule has 0 aliphatic heterocycles. The van der Waals surface area contributed by atoms with Crippen LogP contribution in [0.25, 0.3) is 0 Å². The first kappa shape index (κ1) is 14.5. The van der Waals surface area contributed by atoms with Crippen LogP contribution in [0.3, 0.4) is 0 Å². The zero-order valence-corrected chi connectivity index (χ0v) is 12.2. The van der Waals surface area contributed by atoms with E-state index in [1.165, 1.54) is 0 Å². The van der Waals surface area contributed by atoms with E-state index >= 15 is 0 Å². The number of benzene rings is 1. The van der Waals surface area contributed by atoms with Gasteiger partial charge in [0.25, 0.3) is 0 Å². The molecule has 1 atom stereocenters. The van der Waals surface area contributed by atoms with Crippen molar-refractivity contribution in [3.8, 4) is 5.75 Å². The van der Waals surface area contributed by atoms with Crippen LogP contribution in [0.5, 0.6) is 5.75 Å². The number of halogens is 1. The van der Waals surface area contributed by atoms with Crippen LogP contribution >= 0.6 is 15.9 Å². The van der Waals surface area contributed by atoms with E-state index < -0.39 is 0 Å². The Morgan fingerprint density at radius 1 is 1.41 bits per heavy atom. The summed E-state index contributed by atoms with van der Waals surface area (Å²) in [5.74, 6) is 0.931. The van der Waals surface area contributed by atoms with Crippen LogP contribution in [0.4, 0.5) is 0 Å². The Labute approximate surface area is 112 Å². The molecular weight excluding hydrogens is 282 g/mol. The quantitative estimate of drug-likeness (QED) is 0.786. The Hall–Kier alpha value is -0.580. The summed E-state index contributed by atoms with van der Waals surface area (Å²) in [4.78, 5) is 0. The van der Waals surface area contributed by atoms with Crippen molar-refractivity contribution in [3.63, 3.8) is 0 Å². The van der Waals surface area contributed by atoms with Crippen LogP contribution in [0.1, 0.15) is 12.5 Å². The van der Waals surface area contributed by atoms with Crippen LogP contribution < -0.4 is 10.1 Å². The minimum Gasteiger partial charge on any atom is -0.492 e. The van der Waals surface area contributed by atoms with Gasteiger partial charge in [-0.25, -0.2) is 0 Å². The van der Waals surface area contributed by atoms with E-state index in [9.17, 15) is 0 Å². The molecule has 0 radical (unpaired) electrons. The first-order valence-electron chi connectivity index (χ1n) is 5.74. The summed E-state index contributed by atoms with van der Waals surface area (Å²) in [6.07, 6.45) is 0. The molecule has 1 unspecified atom stereocenters. The fraction of sp³-hybridized carbons (Fsp3) is 0.538. The third kappa shape index (κ3) is 5.52. The number of rotatable bonds is 7. The summed E-state index contributed by atoms with van der Waals surface area (Å²) in [6.45, 7) is 6.33. The SMILES string of the molecule is COCC(C)NCCOc1cc(Br)ccc1C. The predicted molar refractivity (Wildman–Crippen MR) is 73.7 cm³/mol. The lowest BCUT2D eigenvalue weighted by molar-refractivity contribution is 0.169. The van der Waals surface area contributed by atoms with Gasteiger partial charge in [-0.1, -0.05) is 22.0 Å². The Balaban J connectivity index is 2.28. The van der Waals surface area contributed by atoms with E-state index in [0.29, 0.717) is 12.6 Å². The number of nitrogens with one attached hydrogen (secondary N) is 1. The largest absolute Gasteiger partial charge is 0.492 e. The van der Waals surface area contributed by atoms with Gasteiger partial charge in [-0.3, -0.25) is 0 Å². The summed E-state index contributed by atoms with van der Waals surface area (Å²) < 4.78 is 11.8. The Morgan fingerprint density at radius 2 is 2.18 bits per heavy atom. The van der Waals surface area contributed by atoms with Gasteiger partial charge in [0.05, 0.1) is 6.61 Å². The molecule has 1 rings (SSSR count). The molecule has 0 fully saturated rings. The molecule has 0 spiro atoms. The second-order valence-corrected chi connectivity index (χ2v) is 4.98. The van der Waals surface area contributed by atoms with Crippen molar-refractivity contribution in [1.82, 2.24) is 5.32 Å². The molecule has 3 nitrogen and oxygen atoms in total. The lowest BCUT2D eigenvalue weighted by atomic mass is 10.2. The third-order valence-corrected chi connectivity index (χ3v) is 2.91. The molecule has 96 valence electrons. The van der Waals surface area contributed by atoms with Gasteiger partial charge in [-0.15, -0.1) is 0 Å². The molecule has 1 N–H and O–H groups in total. The summed E-state index contributed by atoms with van der Waals surface area (Å²) in [6, 6.07) is 6.40. The highest BCUT2D eigenvalue weighted by molar-refractivity contribution is 9.10. The second-order valence-electron chi connectivity index (χ2n) is 4.07. The highest BCUT2D eigenvalue weighted by Crippen LogP contribution is 2.22. The van der Waals surface area contributed by atoms with E-state index in [2.05, 4.69) is 28.2 Å². The first-order valence-corrected chi connectivity index (χ1v) is 6.54. The van der Waals surface area contributed by atoms with Gasteiger partial charge in [-0.2, -0.15) is 0 Å². The van der Waals surface area contributed by atoms with Crippen molar-refractivity contribution in [3.05, 3.63) is 28.2 Å². The van der Waals surface area contributed by atoms with Gasteiger partial charge < -0.3 is 14.8 Å². The lowest BCUT2D eigenvalue weighted by Crippen LogP contribution is -2.33. The van der Waals surface area contributed by atoms with Gasteiger partial charge in [-0.05, 0) is 31.5 Å². The van der Waals surface area contributed by atoms with E-state index in [-0.39, 0.29) is 0 Å². The molecule has 0 bridgehead atoms. The molecule has 1 aromatic carbocycles. The maximum atomic E-state index is 5.71. The first-order chi connectivity index (χ1) is 8.13. The average Bonchev–Trinajstić information content (AvgIpc) is 2.29. The van der Waals surface area contributed by atoms with Crippen LogP contribution in [-0.4, -0.2) is 32.9 Å². The molecule has 0 aliphatic carbocycles. The van der Waals surface area contributed by atoms with E-state index in [4.69, 9.17) is 9.47 Å². The average molecular weight is 302 g/mol. The molecule has 0 aromatic heterocycles. The van der Waals surface area contributed by atoms with Gasteiger partial charge in [0, 0.05) is 24.2 Å². The monoisotopic (exact) mass is 301 g/mol. The molecular formula is C13H20BrNO2. The molecule has 17 heavy (non-hydrogen) atoms. The number of aryl methyl sites for hydroxylation is 1. The molecule has 1 aromatic rings. The minimum absolute atomic E-state index is 0.354. The van der Waals surface area contributed by atoms with E-state index in [1.807, 2.05) is 25.1 Å². The van der Waals surface area contributed by atoms with Gasteiger partial charge in [0.1, 0.15) is 12.4 Å². The Bertz CT molecular complexity index is 344. The van der Waals surface area contributed by atoms with Crippen LogP contribution in [-0.2, 0) is 4.74 Å². The molecule has 0 amide bonds. The van der Waals surface area contributed by atoms with E-state index in [0.717, 1.165) is 28.9 Å². The van der Waals surface area contributed by atoms with Crippen molar-refractivity contribution in [2.75, 3.05) is 26.9 Å². The molecule has 0 saturated carbocycles. The van der Waals surface area contributed by atoms with Crippen molar-refractivity contribution in [2.45, 2.75) is 19.9 Å². The molecule has 0 saturated heterocycles. The maximum Gasteiger partial charge on any atom is 0.123 e. The van der Waals surface area contributed by atoms with Crippen molar-refractivity contribution in [1.29, 1.82) is 0 Å². The lowest BCUT2D eigenvalue weighted by Gasteiger charge is -2.14. The van der Waals surface area contributed by atoms with Crippen molar-refractivity contribution < 1.29 is 9.47 Å². The fourth-order valence-electron chi connectivity index (χ4n) is 1.50. The van der Waals surface area contributed by atoms with Gasteiger partial charge in [0.2, 0.25) is 0 Å². The van der Waals surface area contributed by atoms with Gasteiger partial charge in [0.15, 0.2) is 0 Å². The van der Waals surface area contributed by atoms with Crippen LogP contribution in [0, 0.1) is 6.92 Å². The molecule has 4 heteroatoms. The van der Waals surface area contributed by atoms with Crippen molar-refractivity contribution >= 4 is 15.9 Å². The summed E-state index contributed by atoms with van der Waals surface area (Å²) >= 11 is 3.44. The summed E-state index contributed by atoms with van der Waals surface area (Å²) in [5.41, 5.74) is 1.15. The topological polar surface area (TPSA) is 30.5 Å². The normalized spacial score (nSPS) is 12.5. The van der Waals surface area contributed by atoms with E-state index in [1.54, 1.807) is 7.11 Å². The number of hydrogen-bond acceptors (Lipinski definition) is 3. The standard InChI is InChI=1S/C13H20BrNO2/c1-10-4-5-12(14)8-13(10)17-7-6-15-11(2)9-16-3/h4-5,8,11,15H,6-7,9H2,1-3H3. The van der Waals surface area contributed by atoms with Crippen molar-refractivity contribution in [2.24, 2.45) is 0 Å². The maximum absolute atomic E-state index is 5.71. The highest BCUT2D eigenvalue weighted by atomic mass is 79.9.